The van der Waals surface area contributed by atoms with Crippen LogP contribution in [0.4, 0.5) is 0 Å². The highest BCUT2D eigenvalue weighted by Gasteiger charge is 2.12. The molecule has 1 aromatic carbocycles. The zero-order chi connectivity index (χ0) is 10.9. The van der Waals surface area contributed by atoms with Gasteiger partial charge in [0.25, 0.3) is 0 Å². The molecular weight excluding hydrogens is 204 g/mol. The van der Waals surface area contributed by atoms with Crippen LogP contribution >= 0.6 is 11.6 Å². The van der Waals surface area contributed by atoms with E-state index < -0.39 is 0 Å². The second-order valence-corrected chi connectivity index (χ2v) is 3.08. The number of phenolic OH excluding ortho intramolecular Hbond substituents is 2. The zero-order valence-electron chi connectivity index (χ0n) is 7.97. The van der Waals surface area contributed by atoms with E-state index in [1.807, 2.05) is 0 Å². The van der Waals surface area contributed by atoms with E-state index in [1.54, 1.807) is 6.92 Å². The third-order valence-electron chi connectivity index (χ3n) is 2.10. The highest BCUT2D eigenvalue weighted by molar-refractivity contribution is 6.38. The highest BCUT2D eigenvalue weighted by atomic mass is 35.5. The Hall–Kier alpha value is -1.35. The van der Waals surface area contributed by atoms with Crippen molar-refractivity contribution >= 4 is 23.7 Å². The number of hydrogen-bond donors (Lipinski definition) is 2. The van der Waals surface area contributed by atoms with Crippen molar-refractivity contribution in [3.8, 4) is 17.2 Å². The fourth-order valence-electron chi connectivity index (χ4n) is 1.26. The zero-order valence-corrected chi connectivity index (χ0v) is 8.72. The summed E-state index contributed by atoms with van der Waals surface area (Å²) in [7, 11) is 1.39. The molecule has 0 heterocycles. The second-order valence-electron chi connectivity index (χ2n) is 2.86. The third-order valence-corrected chi connectivity index (χ3v) is 2.32. The summed E-state index contributed by atoms with van der Waals surface area (Å²) in [6.07, 6.45) is 0. The summed E-state index contributed by atoms with van der Waals surface area (Å²) in [6.45, 7) is 5.23. The maximum atomic E-state index is 9.68. The molecule has 14 heavy (non-hydrogen) atoms. The van der Waals surface area contributed by atoms with Crippen LogP contribution in [-0.2, 0) is 0 Å². The lowest BCUT2D eigenvalue weighted by Crippen LogP contribution is -2.16. The average molecular weight is 215 g/mol. The molecule has 0 aliphatic heterocycles. The Morgan fingerprint density at radius 2 is 1.93 bits per heavy atom. The summed E-state index contributed by atoms with van der Waals surface area (Å²) in [5.74, 6) is 0.00866. The van der Waals surface area contributed by atoms with E-state index in [4.69, 9.17) is 16.3 Å². The molecule has 0 unspecified atom stereocenters. The first-order valence-corrected chi connectivity index (χ1v) is 4.36. The first kappa shape index (κ1) is 10.7. The van der Waals surface area contributed by atoms with E-state index in [-0.39, 0.29) is 22.5 Å². The Labute approximate surface area is 86.5 Å². The number of aromatic hydroxyl groups is 2. The van der Waals surface area contributed by atoms with E-state index in [1.165, 1.54) is 12.6 Å². The van der Waals surface area contributed by atoms with Gasteiger partial charge in [-0.05, 0) is 6.92 Å². The molecule has 0 saturated carbocycles. The molecule has 1 rings (SSSR count). The lowest BCUT2D eigenvalue weighted by molar-refractivity contribution is 0.361. The Morgan fingerprint density at radius 1 is 1.36 bits per heavy atom. The summed E-state index contributed by atoms with van der Waals surface area (Å²) in [5.41, 5.74) is 1.66. The minimum Gasteiger partial charge on any atom is -0.507 e. The average Bonchev–Trinajstić information content (AvgIpc) is 2.16. The van der Waals surface area contributed by atoms with Gasteiger partial charge in [-0.25, -0.2) is 0 Å². The van der Waals surface area contributed by atoms with Gasteiger partial charge in [0.1, 0.15) is 5.75 Å². The molecule has 4 heteroatoms. The maximum Gasteiger partial charge on any atom is 0.171 e. The Morgan fingerprint density at radius 3 is 2.36 bits per heavy atom. The maximum absolute atomic E-state index is 9.68. The Kier molecular flexibility index (Phi) is 2.91. The van der Waals surface area contributed by atoms with Gasteiger partial charge >= 0.3 is 0 Å². The monoisotopic (exact) mass is 214 g/mol. The number of hydrogen-bond acceptors (Lipinski definition) is 3. The fourth-order valence-corrected chi connectivity index (χ4v) is 1.52. The lowest BCUT2D eigenvalue weighted by Gasteiger charge is -2.08. The highest BCUT2D eigenvalue weighted by Crippen LogP contribution is 2.21. The van der Waals surface area contributed by atoms with E-state index in [0.29, 0.717) is 10.8 Å². The van der Waals surface area contributed by atoms with Crippen LogP contribution in [0.1, 0.15) is 5.56 Å². The molecule has 0 saturated heterocycles. The van der Waals surface area contributed by atoms with Gasteiger partial charge in [0.15, 0.2) is 11.5 Å². The summed E-state index contributed by atoms with van der Waals surface area (Å²) in [5, 5.41) is 19.9. The molecule has 2 N–H and O–H groups in total. The van der Waals surface area contributed by atoms with Crippen LogP contribution in [0.3, 0.4) is 0 Å². The SMILES string of the molecule is C=c1c(O)c(C)c(=CCl)c(O)c1OC. The van der Waals surface area contributed by atoms with Gasteiger partial charge in [-0.2, -0.15) is 0 Å². The molecule has 0 radical (unpaired) electrons. The molecule has 1 aromatic rings. The molecule has 0 bridgehead atoms. The van der Waals surface area contributed by atoms with Gasteiger partial charge in [-0.3, -0.25) is 0 Å². The van der Waals surface area contributed by atoms with Crippen LogP contribution < -0.4 is 15.2 Å². The number of ether oxygens (including phenoxy) is 1. The standard InChI is InChI=1S/C10H11ClO3/c1-5-7(4-11)9(13)10(14-3)6(2)8(5)12/h4,12-13H,2H2,1,3H3. The van der Waals surface area contributed by atoms with Crippen LogP contribution in [0.2, 0.25) is 0 Å². The summed E-state index contributed by atoms with van der Waals surface area (Å²) in [6, 6.07) is 0. The van der Waals surface area contributed by atoms with Gasteiger partial charge in [0.05, 0.1) is 12.3 Å². The number of methoxy groups -OCH3 is 1. The topological polar surface area (TPSA) is 49.7 Å². The quantitative estimate of drug-likeness (QED) is 0.680. The normalized spacial score (nSPS) is 11.8. The van der Waals surface area contributed by atoms with Crippen molar-refractivity contribution in [3.63, 3.8) is 0 Å². The first-order chi connectivity index (χ1) is 6.54. The summed E-state index contributed by atoms with van der Waals surface area (Å²) < 4.78 is 4.90. The number of benzene rings is 1. The lowest BCUT2D eigenvalue weighted by atomic mass is 10.1. The molecule has 0 aliphatic carbocycles. The minimum absolute atomic E-state index is 0.0217. The molecule has 0 aliphatic rings. The molecular formula is C10H11ClO3. The minimum atomic E-state index is -0.109. The van der Waals surface area contributed by atoms with Crippen LogP contribution in [0, 0.1) is 6.92 Å². The molecule has 0 fully saturated rings. The van der Waals surface area contributed by atoms with Crippen molar-refractivity contribution < 1.29 is 14.9 Å². The molecule has 0 spiro atoms. The van der Waals surface area contributed by atoms with Crippen molar-refractivity contribution in [1.29, 1.82) is 0 Å². The van der Waals surface area contributed by atoms with Crippen LogP contribution in [-0.4, -0.2) is 17.3 Å². The second kappa shape index (κ2) is 3.80. The van der Waals surface area contributed by atoms with Gasteiger partial charge in [-0.15, -0.1) is 0 Å². The molecule has 3 nitrogen and oxygen atoms in total. The summed E-state index contributed by atoms with van der Waals surface area (Å²) in [4.78, 5) is 0. The molecule has 0 amide bonds. The fraction of sp³-hybridized carbons (Fsp3) is 0.200. The van der Waals surface area contributed by atoms with E-state index in [2.05, 4.69) is 6.58 Å². The summed E-state index contributed by atoms with van der Waals surface area (Å²) >= 11 is 5.52. The van der Waals surface area contributed by atoms with Crippen LogP contribution in [0.15, 0.2) is 0 Å². The van der Waals surface area contributed by atoms with E-state index in [0.717, 1.165) is 0 Å². The van der Waals surface area contributed by atoms with Gasteiger partial charge in [0.2, 0.25) is 0 Å². The smallest absolute Gasteiger partial charge is 0.171 e. The molecule has 76 valence electrons. The Balaban J connectivity index is 3.84. The van der Waals surface area contributed by atoms with Crippen molar-refractivity contribution in [1.82, 2.24) is 0 Å². The predicted octanol–water partition coefficient (Wildman–Crippen LogP) is 0.802. The van der Waals surface area contributed by atoms with Crippen molar-refractivity contribution in [3.05, 3.63) is 16.0 Å². The van der Waals surface area contributed by atoms with E-state index in [9.17, 15) is 10.2 Å². The molecule has 0 atom stereocenters. The van der Waals surface area contributed by atoms with Gasteiger partial charge in [-0.1, -0.05) is 18.2 Å². The van der Waals surface area contributed by atoms with Crippen molar-refractivity contribution in [2.45, 2.75) is 6.92 Å². The largest absolute Gasteiger partial charge is 0.507 e. The van der Waals surface area contributed by atoms with Crippen LogP contribution in [0.5, 0.6) is 17.2 Å². The van der Waals surface area contributed by atoms with Crippen LogP contribution in [0.25, 0.3) is 12.1 Å². The first-order valence-electron chi connectivity index (χ1n) is 3.92. The molecule has 0 aromatic heterocycles. The third kappa shape index (κ3) is 1.40. The van der Waals surface area contributed by atoms with Gasteiger partial charge < -0.3 is 14.9 Å². The predicted molar refractivity (Wildman–Crippen MR) is 56.2 cm³/mol. The number of rotatable bonds is 1. The van der Waals surface area contributed by atoms with Gasteiger partial charge in [0, 0.05) is 16.3 Å². The van der Waals surface area contributed by atoms with Crippen molar-refractivity contribution in [2.75, 3.05) is 7.11 Å². The number of halogens is 1. The van der Waals surface area contributed by atoms with Crippen molar-refractivity contribution in [2.24, 2.45) is 0 Å². The number of phenols is 2. The van der Waals surface area contributed by atoms with E-state index >= 15 is 0 Å². The Bertz CT molecular complexity index is 465.